The Morgan fingerprint density at radius 3 is 2.86 bits per heavy atom. The summed E-state index contributed by atoms with van der Waals surface area (Å²) in [4.78, 5) is 4.92. The standard InChI is InChI=1S/C8H11N5S/c1-13(2)8-10-7(11-12-8)9-6-4-3-5-14-6/h3-5H,1-2H3,(H2,9,10,11,12). The monoisotopic (exact) mass is 209 g/mol. The first-order valence-corrected chi connectivity index (χ1v) is 5.04. The molecule has 6 heteroatoms. The Morgan fingerprint density at radius 1 is 1.43 bits per heavy atom. The fourth-order valence-corrected chi connectivity index (χ4v) is 1.59. The van der Waals surface area contributed by atoms with Crippen LogP contribution in [0.1, 0.15) is 0 Å². The third-order valence-electron chi connectivity index (χ3n) is 1.66. The third-order valence-corrected chi connectivity index (χ3v) is 2.45. The van der Waals surface area contributed by atoms with Gasteiger partial charge in [0.15, 0.2) is 0 Å². The predicted octanol–water partition coefficient (Wildman–Crippen LogP) is 1.68. The van der Waals surface area contributed by atoms with Gasteiger partial charge in [0.2, 0.25) is 11.9 Å². The number of aromatic amines is 1. The largest absolute Gasteiger partial charge is 0.347 e. The molecule has 0 fully saturated rings. The van der Waals surface area contributed by atoms with Gasteiger partial charge in [0.25, 0.3) is 0 Å². The molecule has 0 saturated carbocycles. The number of hydrogen-bond donors (Lipinski definition) is 2. The second-order valence-electron chi connectivity index (χ2n) is 2.99. The van der Waals surface area contributed by atoms with Gasteiger partial charge in [0.05, 0.1) is 5.00 Å². The minimum Gasteiger partial charge on any atom is -0.347 e. The molecule has 0 atom stereocenters. The Morgan fingerprint density at radius 2 is 2.29 bits per heavy atom. The zero-order chi connectivity index (χ0) is 9.97. The van der Waals surface area contributed by atoms with Crippen LogP contribution in [-0.4, -0.2) is 29.3 Å². The summed E-state index contributed by atoms with van der Waals surface area (Å²) in [7, 11) is 3.82. The number of anilines is 3. The molecule has 14 heavy (non-hydrogen) atoms. The highest BCUT2D eigenvalue weighted by Crippen LogP contribution is 2.19. The molecule has 0 aliphatic carbocycles. The molecule has 2 rings (SSSR count). The highest BCUT2D eigenvalue weighted by atomic mass is 32.1. The van der Waals surface area contributed by atoms with Gasteiger partial charge in [-0.2, -0.15) is 0 Å². The maximum Gasteiger partial charge on any atom is 0.228 e. The molecule has 0 amide bonds. The lowest BCUT2D eigenvalue weighted by molar-refractivity contribution is 0.999. The third kappa shape index (κ3) is 1.85. The van der Waals surface area contributed by atoms with Gasteiger partial charge in [-0.1, -0.05) is 0 Å². The molecule has 0 bridgehead atoms. The van der Waals surface area contributed by atoms with Crippen LogP contribution in [0.4, 0.5) is 16.9 Å². The van der Waals surface area contributed by atoms with E-state index in [0.29, 0.717) is 5.95 Å². The molecule has 0 aliphatic rings. The van der Waals surface area contributed by atoms with Crippen molar-refractivity contribution >= 4 is 28.2 Å². The van der Waals surface area contributed by atoms with E-state index in [1.54, 1.807) is 11.3 Å². The summed E-state index contributed by atoms with van der Waals surface area (Å²) in [6.45, 7) is 0. The molecule has 2 aromatic rings. The molecule has 5 nitrogen and oxygen atoms in total. The fourth-order valence-electron chi connectivity index (χ4n) is 0.977. The van der Waals surface area contributed by atoms with E-state index in [-0.39, 0.29) is 0 Å². The van der Waals surface area contributed by atoms with E-state index in [1.165, 1.54) is 0 Å². The van der Waals surface area contributed by atoms with Crippen molar-refractivity contribution in [2.45, 2.75) is 0 Å². The van der Waals surface area contributed by atoms with Gasteiger partial charge in [0.1, 0.15) is 0 Å². The summed E-state index contributed by atoms with van der Waals surface area (Å²) in [5.41, 5.74) is 0. The van der Waals surface area contributed by atoms with Crippen LogP contribution in [0.25, 0.3) is 0 Å². The molecule has 2 heterocycles. The summed E-state index contributed by atoms with van der Waals surface area (Å²) in [6, 6.07) is 3.97. The van der Waals surface area contributed by atoms with Crippen LogP contribution >= 0.6 is 11.3 Å². The van der Waals surface area contributed by atoms with E-state index in [2.05, 4.69) is 20.5 Å². The second-order valence-corrected chi connectivity index (χ2v) is 3.94. The number of nitrogens with one attached hydrogen (secondary N) is 2. The van der Waals surface area contributed by atoms with Crippen LogP contribution in [0.2, 0.25) is 0 Å². The molecule has 2 aromatic heterocycles. The first-order valence-electron chi connectivity index (χ1n) is 4.16. The number of aromatic nitrogens is 3. The summed E-state index contributed by atoms with van der Waals surface area (Å²) in [6.07, 6.45) is 0. The van der Waals surface area contributed by atoms with Crippen molar-refractivity contribution in [3.05, 3.63) is 17.5 Å². The highest BCUT2D eigenvalue weighted by Gasteiger charge is 2.03. The lowest BCUT2D eigenvalue weighted by atomic mass is 10.6. The van der Waals surface area contributed by atoms with Gasteiger partial charge in [0, 0.05) is 14.1 Å². The quantitative estimate of drug-likeness (QED) is 0.807. The Labute approximate surface area is 85.8 Å². The minimum absolute atomic E-state index is 0.663. The van der Waals surface area contributed by atoms with E-state index < -0.39 is 0 Å². The van der Waals surface area contributed by atoms with Gasteiger partial charge in [-0.3, -0.25) is 4.98 Å². The van der Waals surface area contributed by atoms with Gasteiger partial charge >= 0.3 is 0 Å². The van der Waals surface area contributed by atoms with Gasteiger partial charge in [-0.05, 0) is 17.5 Å². The van der Waals surface area contributed by atoms with E-state index in [4.69, 9.17) is 0 Å². The topological polar surface area (TPSA) is 56.8 Å². The lowest BCUT2D eigenvalue weighted by Crippen LogP contribution is -2.10. The van der Waals surface area contributed by atoms with Crippen LogP contribution < -0.4 is 10.2 Å². The summed E-state index contributed by atoms with van der Waals surface area (Å²) in [5, 5.41) is 14.1. The Hall–Kier alpha value is -1.56. The molecule has 0 saturated heterocycles. The molecule has 0 aliphatic heterocycles. The Bertz CT molecular complexity index is 392. The number of thiophene rings is 1. The van der Waals surface area contributed by atoms with E-state index >= 15 is 0 Å². The number of H-pyrrole nitrogens is 1. The van der Waals surface area contributed by atoms with Crippen molar-refractivity contribution in [2.75, 3.05) is 24.3 Å². The molecular weight excluding hydrogens is 198 g/mol. The van der Waals surface area contributed by atoms with Crippen LogP contribution in [0.5, 0.6) is 0 Å². The molecule has 0 aromatic carbocycles. The van der Waals surface area contributed by atoms with Crippen LogP contribution in [0, 0.1) is 0 Å². The average molecular weight is 209 g/mol. The highest BCUT2D eigenvalue weighted by molar-refractivity contribution is 7.14. The molecule has 0 unspecified atom stereocenters. The van der Waals surface area contributed by atoms with Crippen molar-refractivity contribution < 1.29 is 0 Å². The van der Waals surface area contributed by atoms with Crippen LogP contribution in [0.3, 0.4) is 0 Å². The number of nitrogens with zero attached hydrogens (tertiary/aromatic N) is 3. The zero-order valence-electron chi connectivity index (χ0n) is 7.98. The maximum absolute atomic E-state index is 3.96. The molecule has 2 N–H and O–H groups in total. The zero-order valence-corrected chi connectivity index (χ0v) is 8.80. The number of hydrogen-bond acceptors (Lipinski definition) is 5. The fraction of sp³-hybridized carbons (Fsp3) is 0.250. The van der Waals surface area contributed by atoms with Crippen LogP contribution in [-0.2, 0) is 0 Å². The van der Waals surface area contributed by atoms with Crippen molar-refractivity contribution in [1.82, 2.24) is 15.2 Å². The lowest BCUT2D eigenvalue weighted by Gasteiger charge is -2.04. The van der Waals surface area contributed by atoms with Gasteiger partial charge in [-0.15, -0.1) is 21.5 Å². The first kappa shape index (κ1) is 9.01. The minimum atomic E-state index is 0.663. The smallest absolute Gasteiger partial charge is 0.228 e. The molecule has 0 radical (unpaired) electrons. The van der Waals surface area contributed by atoms with Crippen molar-refractivity contribution in [3.8, 4) is 0 Å². The van der Waals surface area contributed by atoms with Crippen molar-refractivity contribution in [3.63, 3.8) is 0 Å². The SMILES string of the molecule is CN(C)c1nnc(Nc2cccs2)[nH]1. The van der Waals surface area contributed by atoms with Gasteiger partial charge in [-0.25, -0.2) is 0 Å². The molecular formula is C8H11N5S. The van der Waals surface area contributed by atoms with E-state index in [1.807, 2.05) is 36.5 Å². The van der Waals surface area contributed by atoms with E-state index in [9.17, 15) is 0 Å². The molecule has 0 spiro atoms. The van der Waals surface area contributed by atoms with Gasteiger partial charge < -0.3 is 10.2 Å². The summed E-state index contributed by atoms with van der Waals surface area (Å²) < 4.78 is 0. The van der Waals surface area contributed by atoms with Crippen LogP contribution in [0.15, 0.2) is 17.5 Å². The summed E-state index contributed by atoms with van der Waals surface area (Å²) in [5.74, 6) is 1.40. The molecule has 74 valence electrons. The van der Waals surface area contributed by atoms with Crippen molar-refractivity contribution in [2.24, 2.45) is 0 Å². The Kier molecular flexibility index (Phi) is 2.36. The normalized spacial score (nSPS) is 10.1. The van der Waals surface area contributed by atoms with Crippen molar-refractivity contribution in [1.29, 1.82) is 0 Å². The average Bonchev–Trinajstić information content (AvgIpc) is 2.75. The number of rotatable bonds is 3. The Balaban J connectivity index is 2.11. The maximum atomic E-state index is 3.96. The predicted molar refractivity (Wildman–Crippen MR) is 58.3 cm³/mol. The summed E-state index contributed by atoms with van der Waals surface area (Å²) >= 11 is 1.62. The van der Waals surface area contributed by atoms with E-state index in [0.717, 1.165) is 10.9 Å². The second kappa shape index (κ2) is 3.67. The first-order chi connectivity index (χ1) is 6.75.